The summed E-state index contributed by atoms with van der Waals surface area (Å²) in [6.45, 7) is 0. The third-order valence-corrected chi connectivity index (χ3v) is 7.49. The lowest BCUT2D eigenvalue weighted by Gasteiger charge is -2.11. The van der Waals surface area contributed by atoms with Crippen LogP contribution >= 0.6 is 0 Å². The summed E-state index contributed by atoms with van der Waals surface area (Å²) in [5.74, 6) is 2.31. The second-order valence-corrected chi connectivity index (χ2v) is 9.34. The molecule has 36 heavy (non-hydrogen) atoms. The number of H-pyrrole nitrogens is 1. The molecule has 2 aliphatic rings. The molecule has 1 fully saturated rings. The van der Waals surface area contributed by atoms with Crippen LogP contribution in [0.5, 0.6) is 11.5 Å². The Morgan fingerprint density at radius 3 is 2.83 bits per heavy atom. The Balaban J connectivity index is 1.22. The second kappa shape index (κ2) is 7.45. The first-order valence-corrected chi connectivity index (χ1v) is 11.8. The van der Waals surface area contributed by atoms with E-state index >= 15 is 0 Å². The maximum atomic E-state index is 13.0. The highest BCUT2D eigenvalue weighted by Crippen LogP contribution is 2.65. The lowest BCUT2D eigenvalue weighted by molar-refractivity contribution is -0.118. The fourth-order valence-corrected chi connectivity index (χ4v) is 5.54. The molecule has 3 aromatic carbocycles. The summed E-state index contributed by atoms with van der Waals surface area (Å²) in [6, 6.07) is 19.9. The van der Waals surface area contributed by atoms with Crippen molar-refractivity contribution in [1.82, 2.24) is 15.2 Å². The zero-order chi connectivity index (χ0) is 24.4. The minimum Gasteiger partial charge on any atom is -0.497 e. The number of aromatic amines is 1. The van der Waals surface area contributed by atoms with Crippen LogP contribution in [0, 0.1) is 0 Å². The van der Waals surface area contributed by atoms with Crippen molar-refractivity contribution in [1.29, 1.82) is 0 Å². The first kappa shape index (κ1) is 20.8. The molecule has 8 heteroatoms. The minimum absolute atomic E-state index is 0.0562. The van der Waals surface area contributed by atoms with Crippen LogP contribution < -0.4 is 20.1 Å². The quantitative estimate of drug-likeness (QED) is 0.320. The van der Waals surface area contributed by atoms with Gasteiger partial charge in [0.15, 0.2) is 5.82 Å². The van der Waals surface area contributed by atoms with E-state index in [2.05, 4.69) is 44.0 Å². The molecule has 0 saturated heterocycles. The normalized spacial score (nSPS) is 19.9. The van der Waals surface area contributed by atoms with Crippen LogP contribution in [0.15, 0.2) is 66.9 Å². The Morgan fingerprint density at radius 2 is 1.97 bits per heavy atom. The number of carbonyl (C=O) groups excluding carboxylic acids is 1. The van der Waals surface area contributed by atoms with E-state index in [1.54, 1.807) is 20.4 Å². The van der Waals surface area contributed by atoms with Gasteiger partial charge in [-0.3, -0.25) is 14.9 Å². The fraction of sp³-hybridized carbons (Fsp3) is 0.179. The Labute approximate surface area is 206 Å². The van der Waals surface area contributed by atoms with Gasteiger partial charge in [-0.05, 0) is 60.0 Å². The van der Waals surface area contributed by atoms with Crippen LogP contribution in [0.3, 0.4) is 0 Å². The van der Waals surface area contributed by atoms with Crippen LogP contribution in [0.2, 0.25) is 0 Å². The molecule has 2 aromatic heterocycles. The molecule has 1 aliphatic heterocycles. The van der Waals surface area contributed by atoms with Gasteiger partial charge in [0.05, 0.1) is 36.4 Å². The predicted octanol–water partition coefficient (Wildman–Crippen LogP) is 5.25. The second-order valence-electron chi connectivity index (χ2n) is 9.34. The molecular weight excluding hydrogens is 454 g/mol. The van der Waals surface area contributed by atoms with Gasteiger partial charge >= 0.3 is 0 Å². The first-order chi connectivity index (χ1) is 17.6. The van der Waals surface area contributed by atoms with Gasteiger partial charge in [0.1, 0.15) is 11.5 Å². The third-order valence-electron chi connectivity index (χ3n) is 7.49. The number of nitrogens with one attached hydrogen (secondary N) is 3. The Hall–Kier alpha value is -4.59. The number of rotatable bonds is 5. The Kier molecular flexibility index (Phi) is 4.30. The molecule has 8 nitrogen and oxygen atoms in total. The van der Waals surface area contributed by atoms with Crippen molar-refractivity contribution in [2.75, 3.05) is 24.9 Å². The van der Waals surface area contributed by atoms with Crippen molar-refractivity contribution < 1.29 is 14.3 Å². The van der Waals surface area contributed by atoms with Crippen LogP contribution in [0.1, 0.15) is 23.5 Å². The average molecular weight is 478 g/mol. The van der Waals surface area contributed by atoms with Gasteiger partial charge in [-0.1, -0.05) is 12.1 Å². The zero-order valence-electron chi connectivity index (χ0n) is 19.8. The highest BCUT2D eigenvalue weighted by molar-refractivity contribution is 6.10. The Bertz CT molecular complexity index is 1690. The van der Waals surface area contributed by atoms with E-state index in [4.69, 9.17) is 9.47 Å². The third kappa shape index (κ3) is 2.90. The number of anilines is 3. The van der Waals surface area contributed by atoms with Crippen LogP contribution in [0.25, 0.3) is 21.8 Å². The number of carbonyl (C=O) groups is 1. The maximum Gasteiger partial charge on any atom is 0.235 e. The van der Waals surface area contributed by atoms with Crippen molar-refractivity contribution >= 4 is 44.9 Å². The van der Waals surface area contributed by atoms with Crippen molar-refractivity contribution in [2.24, 2.45) is 0 Å². The van der Waals surface area contributed by atoms with Crippen molar-refractivity contribution in [3.8, 4) is 11.5 Å². The van der Waals surface area contributed by atoms with Crippen molar-refractivity contribution in [3.05, 3.63) is 78.0 Å². The van der Waals surface area contributed by atoms with E-state index in [1.807, 2.05) is 42.5 Å². The van der Waals surface area contributed by atoms with Crippen LogP contribution in [0.4, 0.5) is 17.2 Å². The molecule has 1 amide bonds. The summed E-state index contributed by atoms with van der Waals surface area (Å²) in [7, 11) is 3.29. The molecule has 1 saturated carbocycles. The summed E-state index contributed by atoms with van der Waals surface area (Å²) in [5, 5.41) is 16.1. The predicted molar refractivity (Wildman–Crippen MR) is 138 cm³/mol. The molecule has 1 spiro atoms. The SMILES string of the molecule is COc1ccc2c(c1)[C@]1(C[C@H]1c1ccc3c(Nc4cc5cccnc5cc4OC)n[nH]c3c1)C(=O)N2. The molecule has 0 radical (unpaired) electrons. The molecule has 0 bridgehead atoms. The summed E-state index contributed by atoms with van der Waals surface area (Å²) in [4.78, 5) is 17.4. The van der Waals surface area contributed by atoms with Gasteiger partial charge in [0.25, 0.3) is 0 Å². The standard InChI is InChI=1S/C28H23N5O3/c1-35-17-6-8-21-19(12-17)28(27(34)31-21)14-20(28)15-5-7-18-23(10-15)32-33-26(18)30-24-11-16-4-3-9-29-22(16)13-25(24)36-2/h3-13,20H,14H2,1-2H3,(H,31,34)(H2,30,32,33)/t20-,28-/m0/s1. The van der Waals surface area contributed by atoms with Crippen molar-refractivity contribution in [2.45, 2.75) is 17.8 Å². The molecule has 178 valence electrons. The number of fused-ring (bicyclic) bond motifs is 4. The van der Waals surface area contributed by atoms with E-state index in [0.29, 0.717) is 11.6 Å². The largest absolute Gasteiger partial charge is 0.497 e. The van der Waals surface area contributed by atoms with E-state index in [1.165, 1.54) is 0 Å². The summed E-state index contributed by atoms with van der Waals surface area (Å²) >= 11 is 0. The summed E-state index contributed by atoms with van der Waals surface area (Å²) < 4.78 is 11.0. The smallest absolute Gasteiger partial charge is 0.235 e. The highest BCUT2D eigenvalue weighted by Gasteiger charge is 2.65. The minimum atomic E-state index is -0.537. The number of pyridine rings is 1. The molecule has 3 N–H and O–H groups in total. The van der Waals surface area contributed by atoms with E-state index in [-0.39, 0.29) is 11.8 Å². The number of benzene rings is 3. The zero-order valence-corrected chi connectivity index (χ0v) is 19.8. The number of hydrogen-bond donors (Lipinski definition) is 3. The number of hydrogen-bond acceptors (Lipinski definition) is 6. The van der Waals surface area contributed by atoms with E-state index in [0.717, 1.165) is 56.5 Å². The lowest BCUT2D eigenvalue weighted by atomic mass is 9.91. The first-order valence-electron chi connectivity index (χ1n) is 11.8. The van der Waals surface area contributed by atoms with Gasteiger partial charge in [-0.25, -0.2) is 0 Å². The van der Waals surface area contributed by atoms with Gasteiger partial charge < -0.3 is 20.1 Å². The highest BCUT2D eigenvalue weighted by atomic mass is 16.5. The van der Waals surface area contributed by atoms with Gasteiger partial charge in [0.2, 0.25) is 5.91 Å². The molecular formula is C28H23N5O3. The molecule has 1 aliphatic carbocycles. The van der Waals surface area contributed by atoms with E-state index in [9.17, 15) is 4.79 Å². The number of nitrogens with zero attached hydrogens (tertiary/aromatic N) is 2. The van der Waals surface area contributed by atoms with Crippen LogP contribution in [-0.2, 0) is 10.2 Å². The molecule has 0 unspecified atom stereocenters. The summed E-state index contributed by atoms with van der Waals surface area (Å²) in [5.41, 5.74) is 5.04. The summed E-state index contributed by atoms with van der Waals surface area (Å²) in [6.07, 6.45) is 2.54. The molecule has 5 aromatic rings. The van der Waals surface area contributed by atoms with E-state index < -0.39 is 5.41 Å². The number of amides is 1. The molecule has 7 rings (SSSR count). The van der Waals surface area contributed by atoms with Crippen molar-refractivity contribution in [3.63, 3.8) is 0 Å². The number of methoxy groups -OCH3 is 2. The monoisotopic (exact) mass is 477 g/mol. The Morgan fingerprint density at radius 1 is 1.06 bits per heavy atom. The topological polar surface area (TPSA) is 101 Å². The van der Waals surface area contributed by atoms with Gasteiger partial charge in [-0.2, -0.15) is 5.10 Å². The number of ether oxygens (including phenoxy) is 2. The lowest BCUT2D eigenvalue weighted by Crippen LogP contribution is -2.21. The van der Waals surface area contributed by atoms with Gasteiger partial charge in [0, 0.05) is 34.6 Å². The maximum absolute atomic E-state index is 13.0. The number of aromatic nitrogens is 3. The van der Waals surface area contributed by atoms with Crippen LogP contribution in [-0.4, -0.2) is 35.3 Å². The average Bonchev–Trinajstić information content (AvgIpc) is 3.46. The fourth-order valence-electron chi connectivity index (χ4n) is 5.54. The van der Waals surface area contributed by atoms with Gasteiger partial charge in [-0.15, -0.1) is 0 Å². The molecule has 2 atom stereocenters. The molecule has 3 heterocycles.